The molecule has 0 unspecified atom stereocenters. The minimum absolute atomic E-state index is 0.209. The van der Waals surface area contributed by atoms with Crippen LogP contribution in [0.1, 0.15) is 21.7 Å². The average molecular weight is 403 g/mol. The van der Waals surface area contributed by atoms with Gasteiger partial charge in [-0.15, -0.1) is 0 Å². The molecule has 0 aliphatic rings. The third-order valence-electron chi connectivity index (χ3n) is 2.84. The second-order valence-corrected chi connectivity index (χ2v) is 5.94. The van der Waals surface area contributed by atoms with Crippen molar-refractivity contribution in [3.63, 3.8) is 0 Å². The van der Waals surface area contributed by atoms with Crippen molar-refractivity contribution in [2.24, 2.45) is 0 Å². The van der Waals surface area contributed by atoms with Gasteiger partial charge in [0.05, 0.1) is 28.5 Å². The van der Waals surface area contributed by atoms with Gasteiger partial charge in [-0.2, -0.15) is 5.10 Å². The monoisotopic (exact) mass is 401 g/mol. The van der Waals surface area contributed by atoms with Gasteiger partial charge in [0.15, 0.2) is 0 Å². The van der Waals surface area contributed by atoms with Crippen LogP contribution in [0.5, 0.6) is 5.75 Å². The van der Waals surface area contributed by atoms with Crippen molar-refractivity contribution in [1.82, 2.24) is 10.2 Å². The smallest absolute Gasteiger partial charge is 0.259 e. The molecule has 106 valence electrons. The Kier molecular flexibility index (Phi) is 4.49. The molecule has 0 aliphatic heterocycles. The van der Waals surface area contributed by atoms with E-state index in [2.05, 4.69) is 47.4 Å². The number of benzene rings is 1. The number of anilines is 1. The second-order valence-electron chi connectivity index (χ2n) is 4.23. The van der Waals surface area contributed by atoms with Crippen LogP contribution in [0.4, 0.5) is 5.69 Å². The molecular formula is C13H13Br2N3O2. The van der Waals surface area contributed by atoms with E-state index < -0.39 is 0 Å². The number of H-pyrrole nitrogens is 1. The number of hydrogen-bond acceptors (Lipinski definition) is 3. The van der Waals surface area contributed by atoms with E-state index in [0.29, 0.717) is 22.7 Å². The van der Waals surface area contributed by atoms with Crippen LogP contribution in [-0.2, 0) is 0 Å². The summed E-state index contributed by atoms with van der Waals surface area (Å²) in [7, 11) is 1.57. The molecular weight excluding hydrogens is 390 g/mol. The molecule has 0 aliphatic carbocycles. The van der Waals surface area contributed by atoms with E-state index in [4.69, 9.17) is 4.74 Å². The summed E-state index contributed by atoms with van der Waals surface area (Å²) in [6, 6.07) is 3.57. The fourth-order valence-corrected chi connectivity index (χ4v) is 3.11. The average Bonchev–Trinajstić information content (AvgIpc) is 2.72. The molecule has 0 bridgehead atoms. The zero-order valence-electron chi connectivity index (χ0n) is 11.2. The molecule has 2 aromatic rings. The Morgan fingerprint density at radius 2 is 2.00 bits per heavy atom. The first-order chi connectivity index (χ1) is 9.43. The molecule has 1 aromatic heterocycles. The van der Waals surface area contributed by atoms with Crippen molar-refractivity contribution in [3.8, 4) is 5.75 Å². The number of rotatable bonds is 3. The van der Waals surface area contributed by atoms with E-state index in [9.17, 15) is 4.79 Å². The van der Waals surface area contributed by atoms with Gasteiger partial charge in [0.1, 0.15) is 5.75 Å². The van der Waals surface area contributed by atoms with Crippen molar-refractivity contribution in [2.75, 3.05) is 12.4 Å². The van der Waals surface area contributed by atoms with Gasteiger partial charge in [-0.05, 0) is 51.8 Å². The summed E-state index contributed by atoms with van der Waals surface area (Å²) in [6.45, 7) is 3.60. The summed E-state index contributed by atoms with van der Waals surface area (Å²) in [4.78, 5) is 12.3. The molecule has 0 fully saturated rings. The number of halogens is 2. The van der Waals surface area contributed by atoms with Gasteiger partial charge in [-0.1, -0.05) is 0 Å². The quantitative estimate of drug-likeness (QED) is 0.820. The molecule has 2 rings (SSSR count). The summed E-state index contributed by atoms with van der Waals surface area (Å²) >= 11 is 6.80. The molecule has 0 saturated carbocycles. The zero-order chi connectivity index (χ0) is 14.9. The molecule has 0 radical (unpaired) electrons. The first-order valence-electron chi connectivity index (χ1n) is 5.80. The van der Waals surface area contributed by atoms with Crippen LogP contribution in [0.2, 0.25) is 0 Å². The van der Waals surface area contributed by atoms with Gasteiger partial charge in [-0.25, -0.2) is 0 Å². The molecule has 2 N–H and O–H groups in total. The number of ether oxygens (including phenoxy) is 1. The maximum Gasteiger partial charge on any atom is 0.259 e. The molecule has 1 heterocycles. The number of nitrogens with one attached hydrogen (secondary N) is 2. The van der Waals surface area contributed by atoms with Gasteiger partial charge >= 0.3 is 0 Å². The number of hydrogen-bond donors (Lipinski definition) is 2. The number of aromatic nitrogens is 2. The number of aromatic amines is 1. The second kappa shape index (κ2) is 5.97. The molecule has 0 saturated heterocycles. The van der Waals surface area contributed by atoms with Crippen molar-refractivity contribution >= 4 is 43.5 Å². The summed E-state index contributed by atoms with van der Waals surface area (Å²) in [6.07, 6.45) is 0. The maximum absolute atomic E-state index is 12.3. The van der Waals surface area contributed by atoms with Crippen LogP contribution in [0.3, 0.4) is 0 Å². The lowest BCUT2D eigenvalue weighted by atomic mass is 10.2. The minimum Gasteiger partial charge on any atom is -0.495 e. The Morgan fingerprint density at radius 1 is 1.30 bits per heavy atom. The van der Waals surface area contributed by atoms with Gasteiger partial charge < -0.3 is 10.1 Å². The normalized spacial score (nSPS) is 10.4. The first kappa shape index (κ1) is 15.1. The largest absolute Gasteiger partial charge is 0.495 e. The van der Waals surface area contributed by atoms with Crippen molar-refractivity contribution in [3.05, 3.63) is 38.0 Å². The lowest BCUT2D eigenvalue weighted by Gasteiger charge is -2.11. The van der Waals surface area contributed by atoms with E-state index >= 15 is 0 Å². The number of amides is 1. The maximum atomic E-state index is 12.3. The Balaban J connectivity index is 2.33. The van der Waals surface area contributed by atoms with Crippen LogP contribution < -0.4 is 10.1 Å². The number of nitrogens with zero attached hydrogens (tertiary/aromatic N) is 1. The lowest BCUT2D eigenvalue weighted by Crippen LogP contribution is -2.14. The molecule has 0 atom stereocenters. The molecule has 1 amide bonds. The van der Waals surface area contributed by atoms with E-state index in [0.717, 1.165) is 14.6 Å². The van der Waals surface area contributed by atoms with E-state index in [1.54, 1.807) is 20.1 Å². The molecule has 0 spiro atoms. The van der Waals surface area contributed by atoms with Crippen LogP contribution in [0.25, 0.3) is 0 Å². The lowest BCUT2D eigenvalue weighted by molar-refractivity contribution is 0.102. The number of aryl methyl sites for hydroxylation is 2. The molecule has 1 aromatic carbocycles. The van der Waals surface area contributed by atoms with Crippen molar-refractivity contribution < 1.29 is 9.53 Å². The van der Waals surface area contributed by atoms with Crippen LogP contribution in [-0.4, -0.2) is 23.2 Å². The number of carbonyl (C=O) groups is 1. The first-order valence-corrected chi connectivity index (χ1v) is 7.38. The summed E-state index contributed by atoms with van der Waals surface area (Å²) < 4.78 is 6.79. The Labute approximate surface area is 133 Å². The van der Waals surface area contributed by atoms with Gasteiger partial charge in [0.25, 0.3) is 5.91 Å². The molecule has 5 nitrogen and oxygen atoms in total. The predicted octanol–water partition coefficient (Wildman–Crippen LogP) is 3.81. The van der Waals surface area contributed by atoms with Crippen LogP contribution >= 0.6 is 31.9 Å². The standard InChI is InChI=1S/C13H13Br2N3O2/c1-6-12(7(2)18-17-6)13(19)16-10-5-11(20-3)9(15)4-8(10)14/h4-5H,1-3H3,(H,16,19)(H,17,18). The summed E-state index contributed by atoms with van der Waals surface area (Å²) in [5.41, 5.74) is 2.59. The van der Waals surface area contributed by atoms with Gasteiger partial charge in [0, 0.05) is 16.2 Å². The highest BCUT2D eigenvalue weighted by atomic mass is 79.9. The van der Waals surface area contributed by atoms with Gasteiger partial charge in [-0.3, -0.25) is 9.89 Å². The number of carbonyl (C=O) groups excluding carboxylic acids is 1. The Morgan fingerprint density at radius 3 is 2.55 bits per heavy atom. The highest BCUT2D eigenvalue weighted by molar-refractivity contribution is 9.11. The fraction of sp³-hybridized carbons (Fsp3) is 0.231. The predicted molar refractivity (Wildman–Crippen MR) is 84.4 cm³/mol. The van der Waals surface area contributed by atoms with E-state index in [1.165, 1.54) is 0 Å². The summed E-state index contributed by atoms with van der Waals surface area (Å²) in [5, 5.41) is 9.66. The van der Waals surface area contributed by atoms with Crippen LogP contribution in [0.15, 0.2) is 21.1 Å². The van der Waals surface area contributed by atoms with Crippen molar-refractivity contribution in [2.45, 2.75) is 13.8 Å². The third-order valence-corrected chi connectivity index (χ3v) is 4.12. The van der Waals surface area contributed by atoms with Crippen LogP contribution in [0, 0.1) is 13.8 Å². The topological polar surface area (TPSA) is 67.0 Å². The Hall–Kier alpha value is -1.34. The number of methoxy groups -OCH3 is 1. The zero-order valence-corrected chi connectivity index (χ0v) is 14.3. The highest BCUT2D eigenvalue weighted by Crippen LogP contribution is 2.34. The van der Waals surface area contributed by atoms with Gasteiger partial charge in [0.2, 0.25) is 0 Å². The van der Waals surface area contributed by atoms with E-state index in [1.807, 2.05) is 13.0 Å². The minimum atomic E-state index is -0.209. The molecule has 7 heteroatoms. The fourth-order valence-electron chi connectivity index (χ4n) is 1.85. The van der Waals surface area contributed by atoms with Crippen molar-refractivity contribution in [1.29, 1.82) is 0 Å². The highest BCUT2D eigenvalue weighted by Gasteiger charge is 2.17. The Bertz CT molecular complexity index is 648. The molecule has 20 heavy (non-hydrogen) atoms. The van der Waals surface area contributed by atoms with E-state index in [-0.39, 0.29) is 5.91 Å². The third kappa shape index (κ3) is 2.88. The SMILES string of the molecule is COc1cc(NC(=O)c2c(C)n[nH]c2C)c(Br)cc1Br. The summed E-state index contributed by atoms with van der Waals surface area (Å²) in [5.74, 6) is 0.433.